The highest BCUT2D eigenvalue weighted by Crippen LogP contribution is 2.80. The molecule has 1 aromatic rings. The summed E-state index contributed by atoms with van der Waals surface area (Å²) < 4.78 is 24.8. The van der Waals surface area contributed by atoms with E-state index in [1.54, 1.807) is 52.5 Å². The molecule has 14 atom stereocenters. The van der Waals surface area contributed by atoms with Crippen molar-refractivity contribution < 1.29 is 48.7 Å². The van der Waals surface area contributed by atoms with Gasteiger partial charge in [-0.25, -0.2) is 4.79 Å². The third kappa shape index (κ3) is 4.39. The highest BCUT2D eigenvalue weighted by Gasteiger charge is 2.91. The second kappa shape index (κ2) is 12.0. The monoisotopic (exact) mass is 685 g/mol. The number of nitrogens with one attached hydrogen (secondary N) is 1. The van der Waals surface area contributed by atoms with Gasteiger partial charge in [-0.05, 0) is 43.9 Å². The number of carbonyl (C=O) groups is 3. The zero-order valence-electron chi connectivity index (χ0n) is 29.0. The van der Waals surface area contributed by atoms with Crippen LogP contribution >= 0.6 is 0 Å². The van der Waals surface area contributed by atoms with Crippen molar-refractivity contribution in [3.8, 4) is 0 Å². The summed E-state index contributed by atoms with van der Waals surface area (Å²) >= 11 is 0. The number of likely N-dealkylation sites (N-methyl/N-ethyl adjacent to an activating group) is 1. The minimum atomic E-state index is -1.78. The molecule has 2 amide bonds. The smallest absolute Gasteiger partial charge is 0.340 e. The Morgan fingerprint density at radius 1 is 1.12 bits per heavy atom. The standard InChI is InChI=1S/C36H51N3O10/c1-6-39-16-33(17-49-31(43)19-9-7-8-10-22(19)38-25(40)13-18(2)30(37)42)12-11-24(47-4)35-21-14-20-23(46-3)15-34(44,26(21)27(20)41)36(45,32(35)39)29(48-5)28(33)35/h7-10,18,20-21,23-24,26-29,32,41,44-45H,6,11-17H2,1-5H3,(H2,37,42)(H,38,40)/t18-,20-,21-,23+,24+,26-,27+,28-,29+,32+,33+,34-,35+,36-/m1/s1. The number of nitrogens with zero attached hydrogens (tertiary/aromatic N) is 1. The van der Waals surface area contributed by atoms with Crippen LogP contribution in [0.4, 0.5) is 5.69 Å². The minimum absolute atomic E-state index is 0.0112. The zero-order chi connectivity index (χ0) is 35.3. The van der Waals surface area contributed by atoms with Crippen LogP contribution in [0.1, 0.15) is 56.3 Å². The number of benzene rings is 1. The number of hydrogen-bond donors (Lipinski definition) is 5. The Kier molecular flexibility index (Phi) is 8.49. The molecule has 6 fully saturated rings. The quantitative estimate of drug-likeness (QED) is 0.209. The van der Waals surface area contributed by atoms with Gasteiger partial charge in [0.25, 0.3) is 0 Å². The van der Waals surface area contributed by atoms with Crippen LogP contribution in [-0.4, -0.2) is 121 Å². The topological polar surface area (TPSA) is 190 Å². The number of aliphatic hydroxyl groups is 3. The lowest BCUT2D eigenvalue weighted by Crippen LogP contribution is -2.82. The van der Waals surface area contributed by atoms with Gasteiger partial charge in [-0.1, -0.05) is 26.0 Å². The Morgan fingerprint density at radius 3 is 2.51 bits per heavy atom. The lowest BCUT2D eigenvalue weighted by atomic mass is 9.42. The third-order valence-corrected chi connectivity index (χ3v) is 14.0. The molecule has 1 aromatic carbocycles. The number of fused-ring (bicyclic) bond motifs is 2. The van der Waals surface area contributed by atoms with E-state index in [9.17, 15) is 29.7 Å². The Balaban J connectivity index is 1.27. The van der Waals surface area contributed by atoms with E-state index in [0.717, 1.165) is 0 Å². The number of carbonyl (C=O) groups excluding carboxylic acids is 3. The number of hydrogen-bond acceptors (Lipinski definition) is 11. The lowest BCUT2D eigenvalue weighted by molar-refractivity contribution is -0.318. The van der Waals surface area contributed by atoms with Crippen LogP contribution in [0.15, 0.2) is 24.3 Å². The van der Waals surface area contributed by atoms with Crippen molar-refractivity contribution in [2.45, 2.75) is 87.6 Å². The first-order valence-corrected chi connectivity index (χ1v) is 17.6. The van der Waals surface area contributed by atoms with Crippen LogP contribution in [0.5, 0.6) is 0 Å². The average molecular weight is 686 g/mol. The summed E-state index contributed by atoms with van der Waals surface area (Å²) in [5.41, 5.74) is 0.900. The molecule has 7 bridgehead atoms. The normalized spacial score (nSPS) is 45.1. The first-order valence-electron chi connectivity index (χ1n) is 17.6. The van der Waals surface area contributed by atoms with Crippen molar-refractivity contribution in [3.63, 3.8) is 0 Å². The van der Waals surface area contributed by atoms with Gasteiger partial charge in [0.1, 0.15) is 11.2 Å². The minimum Gasteiger partial charge on any atom is -0.461 e. The maximum Gasteiger partial charge on any atom is 0.340 e. The fourth-order valence-electron chi connectivity index (χ4n) is 12.3. The molecule has 6 aliphatic rings. The van der Waals surface area contributed by atoms with Crippen LogP contribution in [0, 0.1) is 40.4 Å². The number of likely N-dealkylation sites (tertiary alicyclic amines) is 1. The van der Waals surface area contributed by atoms with E-state index in [4.69, 9.17) is 24.7 Å². The SMILES string of the molecule is CCN1C[C@]2(COC(=O)c3ccccc3NC(=O)C[C@@H](C)C(N)=O)CC[C@H](OC)[C@@]34[C@@H]5C[C@H]6[C@H](O)[C@@H]5[C@](O)(C[C@@H]6OC)[C@@](O)([C@@H](OC)[C@H]23)[C@@H]14. The molecule has 13 nitrogen and oxygen atoms in total. The van der Waals surface area contributed by atoms with Crippen LogP contribution in [-0.2, 0) is 28.5 Å². The largest absolute Gasteiger partial charge is 0.461 e. The molecule has 0 unspecified atom stereocenters. The summed E-state index contributed by atoms with van der Waals surface area (Å²) in [6.07, 6.45) is -0.509. The van der Waals surface area contributed by atoms with Crippen molar-refractivity contribution in [2.24, 2.45) is 46.2 Å². The second-order valence-corrected chi connectivity index (χ2v) is 15.7. The number of primary amides is 1. The van der Waals surface area contributed by atoms with Gasteiger partial charge in [0.2, 0.25) is 11.8 Å². The van der Waals surface area contributed by atoms with E-state index < -0.39 is 76.0 Å². The number of anilines is 1. The van der Waals surface area contributed by atoms with Gasteiger partial charge in [-0.2, -0.15) is 0 Å². The highest BCUT2D eigenvalue weighted by atomic mass is 16.5. The maximum atomic E-state index is 13.9. The molecule has 5 aliphatic carbocycles. The number of piperidine rings is 1. The van der Waals surface area contributed by atoms with Crippen LogP contribution < -0.4 is 11.1 Å². The summed E-state index contributed by atoms with van der Waals surface area (Å²) in [7, 11) is 4.86. The van der Waals surface area contributed by atoms with Gasteiger partial charge >= 0.3 is 5.97 Å². The molecular weight excluding hydrogens is 634 g/mol. The number of para-hydroxylation sites is 1. The van der Waals surface area contributed by atoms with Gasteiger partial charge in [0.05, 0.1) is 48.3 Å². The van der Waals surface area contributed by atoms with Crippen molar-refractivity contribution in [1.29, 1.82) is 0 Å². The second-order valence-electron chi connectivity index (χ2n) is 15.7. The maximum absolute atomic E-state index is 13.9. The Hall–Kier alpha value is -2.65. The van der Waals surface area contributed by atoms with E-state index in [-0.39, 0.29) is 54.6 Å². The molecule has 1 heterocycles. The molecule has 5 saturated carbocycles. The van der Waals surface area contributed by atoms with Gasteiger partial charge in [-0.15, -0.1) is 0 Å². The van der Waals surface area contributed by atoms with Crippen molar-refractivity contribution in [1.82, 2.24) is 4.90 Å². The number of methoxy groups -OCH3 is 3. The predicted molar refractivity (Wildman–Crippen MR) is 175 cm³/mol. The van der Waals surface area contributed by atoms with E-state index >= 15 is 0 Å². The molecule has 1 aliphatic heterocycles. The number of nitrogens with two attached hydrogens (primary N) is 1. The number of esters is 1. The van der Waals surface area contributed by atoms with Gasteiger partial charge < -0.3 is 45.3 Å². The molecular formula is C36H51N3O10. The van der Waals surface area contributed by atoms with E-state index in [2.05, 4.69) is 10.2 Å². The Bertz CT molecular complexity index is 1510. The molecule has 1 spiro atoms. The molecule has 1 saturated heterocycles. The molecule has 270 valence electrons. The number of amides is 2. The summed E-state index contributed by atoms with van der Waals surface area (Å²) in [5.74, 6) is -3.71. The average Bonchev–Trinajstić information content (AvgIpc) is 3.44. The zero-order valence-corrected chi connectivity index (χ0v) is 29.0. The van der Waals surface area contributed by atoms with Crippen LogP contribution in [0.25, 0.3) is 0 Å². The molecule has 49 heavy (non-hydrogen) atoms. The highest BCUT2D eigenvalue weighted by molar-refractivity contribution is 6.02. The lowest BCUT2D eigenvalue weighted by Gasteiger charge is -2.70. The van der Waals surface area contributed by atoms with Gasteiger partial charge in [0.15, 0.2) is 0 Å². The van der Waals surface area contributed by atoms with E-state index in [1.165, 1.54) is 0 Å². The fraction of sp³-hybridized carbons (Fsp3) is 0.750. The Labute approximate surface area is 286 Å². The van der Waals surface area contributed by atoms with Crippen molar-refractivity contribution in [3.05, 3.63) is 29.8 Å². The van der Waals surface area contributed by atoms with Crippen LogP contribution in [0.3, 0.4) is 0 Å². The third-order valence-electron chi connectivity index (χ3n) is 14.0. The summed E-state index contributed by atoms with van der Waals surface area (Å²) in [4.78, 5) is 40.4. The van der Waals surface area contributed by atoms with Crippen molar-refractivity contribution >= 4 is 23.5 Å². The van der Waals surface area contributed by atoms with E-state index in [0.29, 0.717) is 32.4 Å². The number of aliphatic hydroxyl groups excluding tert-OH is 1. The Morgan fingerprint density at radius 2 is 1.86 bits per heavy atom. The van der Waals surface area contributed by atoms with Crippen LogP contribution in [0.2, 0.25) is 0 Å². The van der Waals surface area contributed by atoms with E-state index in [1.807, 2.05) is 6.92 Å². The molecule has 13 heteroatoms. The number of ether oxygens (including phenoxy) is 4. The van der Waals surface area contributed by atoms with Gasteiger partial charge in [-0.3, -0.25) is 14.5 Å². The first kappa shape index (κ1) is 34.8. The predicted octanol–water partition coefficient (Wildman–Crippen LogP) is 0.932. The summed E-state index contributed by atoms with van der Waals surface area (Å²) in [6, 6.07) is 6.04. The number of rotatable bonds is 11. The van der Waals surface area contributed by atoms with Gasteiger partial charge in [0, 0.05) is 75.2 Å². The fourth-order valence-corrected chi connectivity index (χ4v) is 12.3. The van der Waals surface area contributed by atoms with Crippen molar-refractivity contribution in [2.75, 3.05) is 46.3 Å². The summed E-state index contributed by atoms with van der Waals surface area (Å²) in [6.45, 7) is 4.68. The molecule has 0 radical (unpaired) electrons. The molecule has 7 rings (SSSR count). The molecule has 0 aromatic heterocycles. The first-order chi connectivity index (χ1) is 23.3. The summed E-state index contributed by atoms with van der Waals surface area (Å²) in [5, 5.41) is 40.8. The molecule has 6 N–H and O–H groups in total.